The van der Waals surface area contributed by atoms with Gasteiger partial charge in [0.1, 0.15) is 0 Å². The van der Waals surface area contributed by atoms with Crippen molar-refractivity contribution >= 4 is 17.3 Å². The molecular weight excluding hydrogens is 296 g/mol. The molecule has 3 fully saturated rings. The molecule has 2 aliphatic carbocycles. The predicted octanol–water partition coefficient (Wildman–Crippen LogP) is 3.13. The molecule has 1 aromatic carbocycles. The standard InChI is InChI=1S/C17H20N2O4/c1-15-10-23-17(9-11(15)7-8-16(15,17)2)14(20)18-12-3-5-13(6-4-12)19(21)22/h3-6,11H,7-10H2,1-2H3,(H,18,20)/t11-,15+,16-,17+/m1/s1. The van der Waals surface area contributed by atoms with Gasteiger partial charge >= 0.3 is 0 Å². The first-order valence-corrected chi connectivity index (χ1v) is 8.02. The van der Waals surface area contributed by atoms with Crippen LogP contribution >= 0.6 is 0 Å². The lowest BCUT2D eigenvalue weighted by Crippen LogP contribution is -2.52. The summed E-state index contributed by atoms with van der Waals surface area (Å²) in [6.07, 6.45) is 2.96. The number of hydrogen-bond donors (Lipinski definition) is 1. The summed E-state index contributed by atoms with van der Waals surface area (Å²) in [6, 6.07) is 5.93. The minimum atomic E-state index is -0.757. The number of nitro benzene ring substituents is 1. The Bertz CT molecular complexity index is 703. The fourth-order valence-electron chi connectivity index (χ4n) is 5.16. The van der Waals surface area contributed by atoms with Crippen molar-refractivity contribution in [1.29, 1.82) is 0 Å². The van der Waals surface area contributed by atoms with Crippen molar-refractivity contribution in [1.82, 2.24) is 0 Å². The van der Waals surface area contributed by atoms with Crippen LogP contribution in [0.5, 0.6) is 0 Å². The lowest BCUT2D eigenvalue weighted by molar-refractivity contribution is -0.384. The van der Waals surface area contributed by atoms with Crippen molar-refractivity contribution in [2.24, 2.45) is 16.7 Å². The first kappa shape index (κ1) is 14.6. The van der Waals surface area contributed by atoms with E-state index in [9.17, 15) is 14.9 Å². The summed E-state index contributed by atoms with van der Waals surface area (Å²) in [5, 5.41) is 13.6. The Labute approximate surface area is 134 Å². The highest BCUT2D eigenvalue weighted by molar-refractivity contribution is 5.99. The van der Waals surface area contributed by atoms with Crippen molar-refractivity contribution < 1.29 is 14.5 Å². The SMILES string of the molecule is C[C@]12CC[C@@H]3C[C@@]1(C(=O)Nc1ccc([N+](=O)[O-])cc1)OC[C@@]32C. The number of nitrogens with zero attached hydrogens (tertiary/aromatic N) is 1. The number of hydrogen-bond acceptors (Lipinski definition) is 4. The van der Waals surface area contributed by atoms with Gasteiger partial charge in [-0.25, -0.2) is 0 Å². The maximum absolute atomic E-state index is 13.0. The topological polar surface area (TPSA) is 81.5 Å². The highest BCUT2D eigenvalue weighted by Gasteiger charge is 2.78. The van der Waals surface area contributed by atoms with Crippen LogP contribution in [0.3, 0.4) is 0 Å². The fraction of sp³-hybridized carbons (Fsp3) is 0.588. The molecule has 6 heteroatoms. The Morgan fingerprint density at radius 3 is 2.61 bits per heavy atom. The van der Waals surface area contributed by atoms with Crippen LogP contribution in [0.1, 0.15) is 33.1 Å². The second kappa shape index (κ2) is 4.32. The van der Waals surface area contributed by atoms with E-state index in [0.717, 1.165) is 12.8 Å². The normalized spacial score (nSPS) is 40.3. The van der Waals surface area contributed by atoms with Gasteiger partial charge in [0.25, 0.3) is 11.6 Å². The van der Waals surface area contributed by atoms with Gasteiger partial charge in [0, 0.05) is 28.7 Å². The first-order chi connectivity index (χ1) is 10.8. The molecule has 1 heterocycles. The monoisotopic (exact) mass is 316 g/mol. The number of carbonyl (C=O) groups excluding carboxylic acids is 1. The second-order valence-electron chi connectivity index (χ2n) is 7.56. The number of ether oxygens (including phenoxy) is 1. The molecule has 0 unspecified atom stereocenters. The van der Waals surface area contributed by atoms with E-state index in [-0.39, 0.29) is 22.4 Å². The average Bonchev–Trinajstić information content (AvgIpc) is 2.99. The van der Waals surface area contributed by atoms with Crippen molar-refractivity contribution in [2.75, 3.05) is 11.9 Å². The Morgan fingerprint density at radius 1 is 1.35 bits per heavy atom. The van der Waals surface area contributed by atoms with Gasteiger partial charge < -0.3 is 10.1 Å². The molecule has 23 heavy (non-hydrogen) atoms. The van der Waals surface area contributed by atoms with E-state index in [1.165, 1.54) is 18.6 Å². The summed E-state index contributed by atoms with van der Waals surface area (Å²) < 4.78 is 6.06. The third-order valence-corrected chi connectivity index (χ3v) is 6.90. The summed E-state index contributed by atoms with van der Waals surface area (Å²) in [5.74, 6) is 0.434. The Hall–Kier alpha value is -1.95. The van der Waals surface area contributed by atoms with Gasteiger partial charge in [-0.2, -0.15) is 0 Å². The van der Waals surface area contributed by atoms with Gasteiger partial charge in [-0.3, -0.25) is 14.9 Å². The van der Waals surface area contributed by atoms with E-state index in [0.29, 0.717) is 18.2 Å². The number of benzene rings is 1. The lowest BCUT2D eigenvalue weighted by atomic mass is 9.66. The smallest absolute Gasteiger partial charge is 0.269 e. The van der Waals surface area contributed by atoms with Crippen LogP contribution in [-0.2, 0) is 9.53 Å². The largest absolute Gasteiger partial charge is 0.364 e. The summed E-state index contributed by atoms with van der Waals surface area (Å²) >= 11 is 0. The van der Waals surface area contributed by atoms with Gasteiger partial charge in [0.05, 0.1) is 11.5 Å². The zero-order valence-corrected chi connectivity index (χ0v) is 13.3. The molecule has 4 rings (SSSR count). The summed E-state index contributed by atoms with van der Waals surface area (Å²) in [5.41, 5.74) is -0.224. The lowest BCUT2D eigenvalue weighted by Gasteiger charge is -2.39. The summed E-state index contributed by atoms with van der Waals surface area (Å²) in [6.45, 7) is 5.07. The van der Waals surface area contributed by atoms with Crippen LogP contribution in [0, 0.1) is 26.9 Å². The quantitative estimate of drug-likeness (QED) is 0.686. The number of amides is 1. The van der Waals surface area contributed by atoms with E-state index in [4.69, 9.17) is 4.74 Å². The van der Waals surface area contributed by atoms with Crippen LogP contribution in [0.2, 0.25) is 0 Å². The second-order valence-corrected chi connectivity index (χ2v) is 7.56. The molecular formula is C17H20N2O4. The predicted molar refractivity (Wildman–Crippen MR) is 84.0 cm³/mol. The number of nitrogens with one attached hydrogen (secondary N) is 1. The molecule has 1 saturated heterocycles. The first-order valence-electron chi connectivity index (χ1n) is 8.02. The zero-order chi connectivity index (χ0) is 16.5. The van der Waals surface area contributed by atoms with E-state index in [1.807, 2.05) is 0 Å². The molecule has 1 aliphatic heterocycles. The molecule has 0 aromatic heterocycles. The van der Waals surface area contributed by atoms with Crippen LogP contribution in [-0.4, -0.2) is 23.0 Å². The highest BCUT2D eigenvalue weighted by atomic mass is 16.6. The third-order valence-electron chi connectivity index (χ3n) is 6.90. The van der Waals surface area contributed by atoms with Crippen molar-refractivity contribution in [3.05, 3.63) is 34.4 Å². The Balaban J connectivity index is 1.60. The van der Waals surface area contributed by atoms with Crippen LogP contribution < -0.4 is 5.32 Å². The summed E-state index contributed by atoms with van der Waals surface area (Å²) in [7, 11) is 0. The van der Waals surface area contributed by atoms with Crippen molar-refractivity contribution in [2.45, 2.75) is 38.7 Å². The number of nitro groups is 1. The molecule has 3 aliphatic rings. The Kier molecular flexibility index (Phi) is 2.75. The van der Waals surface area contributed by atoms with Gasteiger partial charge in [0.15, 0.2) is 5.60 Å². The molecule has 2 saturated carbocycles. The number of non-ortho nitro benzene ring substituents is 1. The van der Waals surface area contributed by atoms with Gasteiger partial charge in [-0.15, -0.1) is 0 Å². The minimum absolute atomic E-state index is 0.0118. The number of carbonyl (C=O) groups is 1. The van der Waals surface area contributed by atoms with E-state index >= 15 is 0 Å². The molecule has 1 aromatic rings. The summed E-state index contributed by atoms with van der Waals surface area (Å²) in [4.78, 5) is 23.2. The molecule has 1 amide bonds. The average molecular weight is 316 g/mol. The van der Waals surface area contributed by atoms with Crippen molar-refractivity contribution in [3.63, 3.8) is 0 Å². The third kappa shape index (κ3) is 1.59. The maximum Gasteiger partial charge on any atom is 0.269 e. The van der Waals surface area contributed by atoms with Crippen LogP contribution in [0.4, 0.5) is 11.4 Å². The number of rotatable bonds is 3. The van der Waals surface area contributed by atoms with Gasteiger partial charge in [0.2, 0.25) is 0 Å². The van der Waals surface area contributed by atoms with Crippen molar-refractivity contribution in [3.8, 4) is 0 Å². The molecule has 0 radical (unpaired) electrons. The molecule has 4 bridgehead atoms. The molecule has 1 N–H and O–H groups in total. The minimum Gasteiger partial charge on any atom is -0.364 e. The van der Waals surface area contributed by atoms with E-state index in [1.54, 1.807) is 12.1 Å². The van der Waals surface area contributed by atoms with E-state index in [2.05, 4.69) is 19.2 Å². The fourth-order valence-corrected chi connectivity index (χ4v) is 5.16. The maximum atomic E-state index is 13.0. The zero-order valence-electron chi connectivity index (χ0n) is 13.3. The number of anilines is 1. The molecule has 6 nitrogen and oxygen atoms in total. The van der Waals surface area contributed by atoms with Crippen LogP contribution in [0.25, 0.3) is 0 Å². The molecule has 0 spiro atoms. The van der Waals surface area contributed by atoms with Gasteiger partial charge in [-0.05, 0) is 37.3 Å². The van der Waals surface area contributed by atoms with Crippen LogP contribution in [0.15, 0.2) is 24.3 Å². The molecule has 122 valence electrons. The Morgan fingerprint density at radius 2 is 2.04 bits per heavy atom. The molecule has 4 atom stereocenters. The van der Waals surface area contributed by atoms with E-state index < -0.39 is 10.5 Å². The van der Waals surface area contributed by atoms with Gasteiger partial charge in [-0.1, -0.05) is 13.8 Å². The highest BCUT2D eigenvalue weighted by Crippen LogP contribution is 2.75.